The topological polar surface area (TPSA) is 105 Å². The van der Waals surface area contributed by atoms with E-state index in [2.05, 4.69) is 34.9 Å². The number of carboxylic acid groups (broad SMARTS) is 1. The molecule has 2 aromatic rings. The van der Waals surface area contributed by atoms with Gasteiger partial charge in [-0.05, 0) is 41.0 Å². The van der Waals surface area contributed by atoms with E-state index in [0.29, 0.717) is 12.8 Å². The Morgan fingerprint density at radius 3 is 2.12 bits per heavy atom. The van der Waals surface area contributed by atoms with Crippen LogP contribution in [0.4, 0.5) is 4.79 Å². The van der Waals surface area contributed by atoms with E-state index in [-0.39, 0.29) is 37.3 Å². The van der Waals surface area contributed by atoms with Crippen molar-refractivity contribution >= 4 is 18.0 Å². The number of amides is 2. The molecule has 4 rings (SSSR count). The maximum Gasteiger partial charge on any atom is 0.407 e. The van der Waals surface area contributed by atoms with E-state index in [1.807, 2.05) is 38.1 Å². The highest BCUT2D eigenvalue weighted by molar-refractivity contribution is 5.81. The van der Waals surface area contributed by atoms with E-state index in [9.17, 15) is 19.5 Å². The van der Waals surface area contributed by atoms with Gasteiger partial charge in [0.1, 0.15) is 6.61 Å². The molecule has 3 N–H and O–H groups in total. The molecule has 2 aromatic carbocycles. The van der Waals surface area contributed by atoms with Gasteiger partial charge in [-0.25, -0.2) is 4.79 Å². The second-order valence-electron chi connectivity index (χ2n) is 9.40. The normalized spacial score (nSPS) is 16.5. The van der Waals surface area contributed by atoms with Gasteiger partial charge in [-0.2, -0.15) is 0 Å². The zero-order chi connectivity index (χ0) is 23.6. The fourth-order valence-electron chi connectivity index (χ4n) is 4.55. The molecule has 1 unspecified atom stereocenters. The van der Waals surface area contributed by atoms with Crippen LogP contribution in [0.1, 0.15) is 50.2 Å². The van der Waals surface area contributed by atoms with Crippen LogP contribution < -0.4 is 10.6 Å². The third-order valence-electron chi connectivity index (χ3n) is 6.70. The number of aliphatic carboxylic acids is 1. The molecule has 1 fully saturated rings. The summed E-state index contributed by atoms with van der Waals surface area (Å²) in [6.07, 6.45) is 0.961. The lowest BCUT2D eigenvalue weighted by Crippen LogP contribution is -2.43. The number of ether oxygens (including phenoxy) is 1. The lowest BCUT2D eigenvalue weighted by Gasteiger charge is -2.20. The van der Waals surface area contributed by atoms with Crippen molar-refractivity contribution in [3.63, 3.8) is 0 Å². The Bertz CT molecular complexity index is 1010. The van der Waals surface area contributed by atoms with Crippen LogP contribution in [0.2, 0.25) is 0 Å². The maximum absolute atomic E-state index is 12.6. The minimum atomic E-state index is -0.928. The number of fused-ring (bicyclic) bond motifs is 3. The molecule has 174 valence electrons. The van der Waals surface area contributed by atoms with Crippen LogP contribution in [-0.2, 0) is 14.3 Å². The SMILES string of the molecule is CC(C)C(CNC(=O)CC1(NC(=O)OCC2c3ccccc3-c3ccccc32)CC1)C(=O)O. The summed E-state index contributed by atoms with van der Waals surface area (Å²) in [5.41, 5.74) is 4.01. The molecular weight excluding hydrogens is 420 g/mol. The summed E-state index contributed by atoms with van der Waals surface area (Å²) in [5, 5.41) is 14.8. The van der Waals surface area contributed by atoms with Gasteiger partial charge < -0.3 is 20.5 Å². The monoisotopic (exact) mass is 450 g/mol. The van der Waals surface area contributed by atoms with Gasteiger partial charge in [0.2, 0.25) is 5.91 Å². The lowest BCUT2D eigenvalue weighted by atomic mass is 9.96. The molecule has 0 spiro atoms. The molecule has 7 heteroatoms. The van der Waals surface area contributed by atoms with Gasteiger partial charge in [-0.15, -0.1) is 0 Å². The van der Waals surface area contributed by atoms with E-state index < -0.39 is 23.5 Å². The van der Waals surface area contributed by atoms with Crippen molar-refractivity contribution in [1.29, 1.82) is 0 Å². The molecule has 0 aromatic heterocycles. The van der Waals surface area contributed by atoms with E-state index >= 15 is 0 Å². The molecule has 2 aliphatic carbocycles. The smallest absolute Gasteiger partial charge is 0.407 e. The Labute approximate surface area is 193 Å². The number of carboxylic acids is 1. The Kier molecular flexibility index (Phi) is 6.40. The first-order valence-corrected chi connectivity index (χ1v) is 11.4. The van der Waals surface area contributed by atoms with E-state index in [1.54, 1.807) is 0 Å². The number of carbonyl (C=O) groups excluding carboxylic acids is 2. The number of hydrogen-bond acceptors (Lipinski definition) is 4. The van der Waals surface area contributed by atoms with Gasteiger partial charge in [0.05, 0.1) is 11.5 Å². The third-order valence-corrected chi connectivity index (χ3v) is 6.70. The summed E-state index contributed by atoms with van der Waals surface area (Å²) in [6.45, 7) is 3.92. The predicted molar refractivity (Wildman–Crippen MR) is 124 cm³/mol. The van der Waals surface area contributed by atoms with Gasteiger partial charge in [0.15, 0.2) is 0 Å². The summed E-state index contributed by atoms with van der Waals surface area (Å²) in [6, 6.07) is 16.3. The third kappa shape index (κ3) is 5.02. The molecule has 0 heterocycles. The standard InChI is InChI=1S/C26H30N2O5/c1-16(2)21(24(30)31)14-27-23(29)13-26(11-12-26)28-25(32)33-15-22-19-9-5-3-7-17(19)18-8-4-6-10-20(18)22/h3-10,16,21-22H,11-15H2,1-2H3,(H,27,29)(H,28,32)(H,30,31). The van der Waals surface area contributed by atoms with E-state index in [0.717, 1.165) is 11.1 Å². The van der Waals surface area contributed by atoms with Crippen LogP contribution in [0.25, 0.3) is 11.1 Å². The molecule has 1 saturated carbocycles. The molecular formula is C26H30N2O5. The van der Waals surface area contributed by atoms with Crippen molar-refractivity contribution < 1.29 is 24.2 Å². The number of rotatable bonds is 9. The maximum atomic E-state index is 12.6. The van der Waals surface area contributed by atoms with Crippen LogP contribution in [0, 0.1) is 11.8 Å². The molecule has 1 atom stereocenters. The second-order valence-corrected chi connectivity index (χ2v) is 9.40. The molecule has 0 aliphatic heterocycles. The first-order chi connectivity index (χ1) is 15.8. The van der Waals surface area contributed by atoms with Crippen molar-refractivity contribution in [3.8, 4) is 11.1 Å². The Morgan fingerprint density at radius 2 is 1.61 bits per heavy atom. The van der Waals surface area contributed by atoms with Crippen LogP contribution in [0.15, 0.2) is 48.5 Å². The number of hydrogen-bond donors (Lipinski definition) is 3. The van der Waals surface area contributed by atoms with Gasteiger partial charge in [0.25, 0.3) is 0 Å². The molecule has 2 amide bonds. The average molecular weight is 451 g/mol. The van der Waals surface area contributed by atoms with Crippen molar-refractivity contribution in [2.75, 3.05) is 13.2 Å². The van der Waals surface area contributed by atoms with Crippen LogP contribution in [0.3, 0.4) is 0 Å². The first kappa shape index (κ1) is 22.8. The Balaban J connectivity index is 1.31. The molecule has 0 saturated heterocycles. The summed E-state index contributed by atoms with van der Waals surface area (Å²) in [7, 11) is 0. The fraction of sp³-hybridized carbons (Fsp3) is 0.423. The number of alkyl carbamates (subject to hydrolysis) is 1. The molecule has 33 heavy (non-hydrogen) atoms. The number of nitrogens with one attached hydrogen (secondary N) is 2. The van der Waals surface area contributed by atoms with Crippen molar-refractivity contribution in [3.05, 3.63) is 59.7 Å². The van der Waals surface area contributed by atoms with Crippen molar-refractivity contribution in [1.82, 2.24) is 10.6 Å². The zero-order valence-corrected chi connectivity index (χ0v) is 19.0. The van der Waals surface area contributed by atoms with Gasteiger partial charge >= 0.3 is 12.1 Å². The second kappa shape index (κ2) is 9.25. The average Bonchev–Trinajstić information content (AvgIpc) is 3.44. The quantitative estimate of drug-likeness (QED) is 0.537. The summed E-state index contributed by atoms with van der Waals surface area (Å²) >= 11 is 0. The van der Waals surface area contributed by atoms with Crippen LogP contribution in [-0.4, -0.2) is 41.8 Å². The highest BCUT2D eigenvalue weighted by Crippen LogP contribution is 2.44. The van der Waals surface area contributed by atoms with Crippen LogP contribution >= 0.6 is 0 Å². The molecule has 0 bridgehead atoms. The fourth-order valence-corrected chi connectivity index (χ4v) is 4.55. The summed E-state index contributed by atoms with van der Waals surface area (Å²) in [5.74, 6) is -1.94. The summed E-state index contributed by atoms with van der Waals surface area (Å²) in [4.78, 5) is 36.2. The highest BCUT2D eigenvalue weighted by Gasteiger charge is 2.46. The Morgan fingerprint density at radius 1 is 1.03 bits per heavy atom. The largest absolute Gasteiger partial charge is 0.481 e. The first-order valence-electron chi connectivity index (χ1n) is 11.4. The predicted octanol–water partition coefficient (Wildman–Crippen LogP) is 3.92. The van der Waals surface area contributed by atoms with Crippen molar-refractivity contribution in [2.45, 2.75) is 44.6 Å². The van der Waals surface area contributed by atoms with Gasteiger partial charge in [0, 0.05) is 18.9 Å². The van der Waals surface area contributed by atoms with E-state index in [1.165, 1.54) is 11.1 Å². The van der Waals surface area contributed by atoms with Crippen LogP contribution in [0.5, 0.6) is 0 Å². The minimum absolute atomic E-state index is 0.0226. The zero-order valence-electron chi connectivity index (χ0n) is 19.0. The van der Waals surface area contributed by atoms with E-state index in [4.69, 9.17) is 4.74 Å². The molecule has 7 nitrogen and oxygen atoms in total. The highest BCUT2D eigenvalue weighted by atomic mass is 16.5. The summed E-state index contributed by atoms with van der Waals surface area (Å²) < 4.78 is 5.60. The van der Waals surface area contributed by atoms with Crippen molar-refractivity contribution in [2.24, 2.45) is 11.8 Å². The number of carbonyl (C=O) groups is 3. The molecule has 0 radical (unpaired) electrons. The molecule has 2 aliphatic rings. The lowest BCUT2D eigenvalue weighted by molar-refractivity contribution is -0.143. The van der Waals surface area contributed by atoms with Gasteiger partial charge in [-0.1, -0.05) is 62.4 Å². The Hall–Kier alpha value is -3.35. The van der Waals surface area contributed by atoms with Gasteiger partial charge in [-0.3, -0.25) is 9.59 Å². The number of benzene rings is 2. The minimum Gasteiger partial charge on any atom is -0.481 e.